The van der Waals surface area contributed by atoms with Gasteiger partial charge in [0.15, 0.2) is 12.4 Å². The molecule has 0 radical (unpaired) electrons. The zero-order valence-electron chi connectivity index (χ0n) is 27.2. The van der Waals surface area contributed by atoms with Crippen LogP contribution in [-0.2, 0) is 32.6 Å². The predicted molar refractivity (Wildman–Crippen MR) is 173 cm³/mol. The zero-order valence-corrected chi connectivity index (χ0v) is 29.3. The molecule has 3 amide bonds. The topological polar surface area (TPSA) is 126 Å². The van der Waals surface area contributed by atoms with E-state index in [0.717, 1.165) is 5.56 Å². The third kappa shape index (κ3) is 7.61. The normalized spacial score (nSPS) is 18.4. The number of ether oxygens (including phenoxy) is 1. The number of rotatable bonds is 10. The maximum atomic E-state index is 14.8. The minimum atomic E-state index is -1.42. The quantitative estimate of drug-likeness (QED) is 0.236. The highest BCUT2D eigenvalue weighted by Crippen LogP contribution is 2.36. The zero-order chi connectivity index (χ0) is 33.2. The molecule has 3 atom stereocenters. The summed E-state index contributed by atoms with van der Waals surface area (Å²) in [6.45, 7) is 7.57. The number of nitrogens with zero attached hydrogens (tertiary/aromatic N) is 4. The number of aromatic nitrogens is 1. The Kier molecular flexibility index (Phi) is 11.0. The van der Waals surface area contributed by atoms with Crippen LogP contribution in [0.15, 0.2) is 96.4 Å². The van der Waals surface area contributed by atoms with Gasteiger partial charge in [-0.3, -0.25) is 29.0 Å². The summed E-state index contributed by atoms with van der Waals surface area (Å²) in [4.78, 5) is 64.0. The maximum Gasteiger partial charge on any atom is 0.264 e. The van der Waals surface area contributed by atoms with E-state index < -0.39 is 41.1 Å². The van der Waals surface area contributed by atoms with E-state index in [-0.39, 0.29) is 60.4 Å². The van der Waals surface area contributed by atoms with E-state index in [1.54, 1.807) is 53.4 Å². The number of amides is 3. The summed E-state index contributed by atoms with van der Waals surface area (Å²) in [6.07, 6.45) is 5.20. The van der Waals surface area contributed by atoms with Gasteiger partial charge < -0.3 is 34.4 Å². The first kappa shape index (κ1) is 35.5. The number of hydrogen-bond donors (Lipinski definition) is 1. The van der Waals surface area contributed by atoms with E-state index in [2.05, 4.69) is 4.99 Å². The van der Waals surface area contributed by atoms with Crippen LogP contribution in [0.25, 0.3) is 5.70 Å². The summed E-state index contributed by atoms with van der Waals surface area (Å²) < 4.78 is 7.51. The molecular weight excluding hydrogens is 709 g/mol. The second-order valence-electron chi connectivity index (χ2n) is 12.8. The van der Waals surface area contributed by atoms with Crippen LogP contribution < -0.4 is 34.3 Å². The average molecular weight is 750 g/mol. The molecule has 0 aliphatic carbocycles. The molecule has 0 fully saturated rings. The number of benzene rings is 2. The van der Waals surface area contributed by atoms with Crippen molar-refractivity contribution >= 4 is 35.1 Å². The van der Waals surface area contributed by atoms with Crippen LogP contribution in [0.3, 0.4) is 0 Å². The Morgan fingerprint density at radius 3 is 2.21 bits per heavy atom. The lowest BCUT2D eigenvalue weighted by Crippen LogP contribution is -3.00. The molecule has 1 aromatic heterocycles. The van der Waals surface area contributed by atoms with Crippen molar-refractivity contribution in [2.24, 2.45) is 29.6 Å². The van der Waals surface area contributed by atoms with Gasteiger partial charge in [0.25, 0.3) is 17.7 Å². The Balaban J connectivity index is 0.00000500. The summed E-state index contributed by atoms with van der Waals surface area (Å²) in [7, 11) is 1.81. The first-order chi connectivity index (χ1) is 21.9. The lowest BCUT2D eigenvalue weighted by atomic mass is 9.84. The Bertz CT molecular complexity index is 1710. The van der Waals surface area contributed by atoms with Crippen molar-refractivity contribution in [3.05, 3.63) is 108 Å². The van der Waals surface area contributed by atoms with Crippen molar-refractivity contribution in [2.75, 3.05) is 6.61 Å². The lowest BCUT2D eigenvalue weighted by Gasteiger charge is -2.45. The van der Waals surface area contributed by atoms with Gasteiger partial charge in [-0.15, -0.1) is 0 Å². The lowest BCUT2D eigenvalue weighted by molar-refractivity contribution is -0.671. The van der Waals surface area contributed by atoms with Crippen molar-refractivity contribution in [1.29, 1.82) is 0 Å². The largest absolute Gasteiger partial charge is 1.00 e. The molecule has 0 saturated heterocycles. The fraction of sp³-hybridized carbons (Fsp3) is 0.333. The molecule has 10 nitrogen and oxygen atoms in total. The molecule has 5 rings (SSSR count). The molecule has 2 aliphatic rings. The Hall–Kier alpha value is -4.39. The molecule has 3 heterocycles. The number of halogens is 1. The number of hydrogen-bond acceptors (Lipinski definition) is 6. The number of aliphatic imine (C=N–C) groups is 1. The molecule has 2 unspecified atom stereocenters. The first-order valence-electron chi connectivity index (χ1n) is 15.4. The third-order valence-corrected chi connectivity index (χ3v) is 8.20. The number of carbonyl (C=O) groups is 4. The second kappa shape index (κ2) is 14.6. The molecule has 2 aromatic carbocycles. The summed E-state index contributed by atoms with van der Waals surface area (Å²) in [5, 5.41) is 0. The van der Waals surface area contributed by atoms with Gasteiger partial charge in [0.05, 0.1) is 17.2 Å². The van der Waals surface area contributed by atoms with E-state index in [0.29, 0.717) is 11.1 Å². The van der Waals surface area contributed by atoms with Gasteiger partial charge in [0, 0.05) is 12.3 Å². The molecule has 47 heavy (non-hydrogen) atoms. The van der Waals surface area contributed by atoms with Crippen molar-refractivity contribution in [2.45, 2.75) is 51.7 Å². The van der Waals surface area contributed by atoms with Gasteiger partial charge >= 0.3 is 0 Å². The van der Waals surface area contributed by atoms with Gasteiger partial charge in [-0.2, -0.15) is 0 Å². The SMILES string of the molecule is CC(C)C1C(=O)N([C@H](C(N)=O)C(Cc2ccccc2)C(=O)C2=NC(C)(C)CO2)C(c2ccccc2)=CN1C(=O)c1ccc[n+](C)c1.[I-]. The van der Waals surface area contributed by atoms with Crippen molar-refractivity contribution < 1.29 is 52.5 Å². The Morgan fingerprint density at radius 2 is 1.66 bits per heavy atom. The molecule has 246 valence electrons. The maximum absolute atomic E-state index is 14.8. The Labute approximate surface area is 292 Å². The number of nitrogens with two attached hydrogens (primary N) is 1. The van der Waals surface area contributed by atoms with Crippen molar-refractivity contribution in [3.8, 4) is 0 Å². The highest BCUT2D eigenvalue weighted by molar-refractivity contribution is 6.38. The number of primary amides is 1. The Morgan fingerprint density at radius 1 is 1.02 bits per heavy atom. The van der Waals surface area contributed by atoms with Gasteiger partial charge in [-0.1, -0.05) is 74.5 Å². The van der Waals surface area contributed by atoms with E-state index in [1.807, 2.05) is 77.3 Å². The van der Waals surface area contributed by atoms with E-state index in [9.17, 15) is 19.2 Å². The van der Waals surface area contributed by atoms with Crippen LogP contribution in [0.4, 0.5) is 0 Å². The number of pyridine rings is 1. The van der Waals surface area contributed by atoms with Crippen LogP contribution in [0.1, 0.15) is 49.2 Å². The van der Waals surface area contributed by atoms with E-state index in [1.165, 1.54) is 9.80 Å². The van der Waals surface area contributed by atoms with Gasteiger partial charge in [-0.05, 0) is 43.4 Å². The first-order valence-corrected chi connectivity index (χ1v) is 15.4. The third-order valence-electron chi connectivity index (χ3n) is 8.20. The fourth-order valence-corrected chi connectivity index (χ4v) is 6.01. The highest BCUT2D eigenvalue weighted by Gasteiger charge is 2.49. The van der Waals surface area contributed by atoms with Crippen LogP contribution in [0.2, 0.25) is 0 Å². The summed E-state index contributed by atoms with van der Waals surface area (Å²) in [5.74, 6) is -3.86. The summed E-state index contributed by atoms with van der Waals surface area (Å²) >= 11 is 0. The van der Waals surface area contributed by atoms with Crippen LogP contribution in [0, 0.1) is 11.8 Å². The standard InChI is InChI=1S/C36H39N5O5.HI/c1-23(2)29-35(45)41(28(25-15-10-7-11-16-25)21-40(29)34(44)26-17-12-18-39(5)20-26)30(32(37)43)27(19-24-13-8-6-9-14-24)31(42)33-38-36(3,4)22-46-33;/h6-18,20-21,23,27,29-30H,19,22H2,1-5H3,(H-,37,43);1H/t27?,29?,30-;/m0./s1. The number of carbonyl (C=O) groups excluding carboxylic acids is 4. The fourth-order valence-electron chi connectivity index (χ4n) is 6.01. The minimum absolute atomic E-state index is 0. The number of aryl methyl sites for hydroxylation is 1. The molecule has 0 spiro atoms. The van der Waals surface area contributed by atoms with E-state index in [4.69, 9.17) is 10.5 Å². The minimum Gasteiger partial charge on any atom is -1.00 e. The number of ketones is 1. The van der Waals surface area contributed by atoms with Gasteiger partial charge in [0.2, 0.25) is 11.7 Å². The van der Waals surface area contributed by atoms with Gasteiger partial charge in [0.1, 0.15) is 31.3 Å². The van der Waals surface area contributed by atoms with Crippen molar-refractivity contribution in [3.63, 3.8) is 0 Å². The predicted octanol–water partition coefficient (Wildman–Crippen LogP) is 0.312. The smallest absolute Gasteiger partial charge is 0.264 e. The molecule has 0 saturated carbocycles. The van der Waals surface area contributed by atoms with Crippen LogP contribution >= 0.6 is 0 Å². The molecule has 2 N–H and O–H groups in total. The molecule has 3 aromatic rings. The molecule has 11 heteroatoms. The van der Waals surface area contributed by atoms with Gasteiger partial charge in [-0.25, -0.2) is 9.56 Å². The van der Waals surface area contributed by atoms with E-state index >= 15 is 0 Å². The van der Waals surface area contributed by atoms with Crippen LogP contribution in [-0.4, -0.2) is 63.4 Å². The second-order valence-corrected chi connectivity index (χ2v) is 12.8. The monoisotopic (exact) mass is 749 g/mol. The molecule has 2 aliphatic heterocycles. The number of Topliss-reactive ketones (excluding diaryl/α,β-unsaturated/α-hetero) is 1. The van der Waals surface area contributed by atoms with Crippen molar-refractivity contribution in [1.82, 2.24) is 9.80 Å². The van der Waals surface area contributed by atoms with Crippen LogP contribution in [0.5, 0.6) is 0 Å². The molecule has 0 bridgehead atoms. The summed E-state index contributed by atoms with van der Waals surface area (Å²) in [6, 6.07) is 19.3. The average Bonchev–Trinajstić information content (AvgIpc) is 3.40. The summed E-state index contributed by atoms with van der Waals surface area (Å²) in [5.41, 5.74) is 7.55. The molecular formula is C36H40IN5O5. The highest BCUT2D eigenvalue weighted by atomic mass is 127.